The van der Waals surface area contributed by atoms with Gasteiger partial charge in [-0.15, -0.1) is 0 Å². The van der Waals surface area contributed by atoms with Gasteiger partial charge in [-0.25, -0.2) is 0 Å². The van der Waals surface area contributed by atoms with Crippen LogP contribution in [-0.4, -0.2) is 65.5 Å². The summed E-state index contributed by atoms with van der Waals surface area (Å²) < 4.78 is 84.6. The van der Waals surface area contributed by atoms with Crippen molar-refractivity contribution in [3.63, 3.8) is 0 Å². The summed E-state index contributed by atoms with van der Waals surface area (Å²) in [4.78, 5) is 8.71. The van der Waals surface area contributed by atoms with Crippen molar-refractivity contribution in [3.05, 3.63) is 83.7 Å². The summed E-state index contributed by atoms with van der Waals surface area (Å²) >= 11 is 0. The molecule has 0 unspecified atom stereocenters. The van der Waals surface area contributed by atoms with Gasteiger partial charge in [0.05, 0.1) is 7.11 Å². The molecule has 0 aliphatic carbocycles. The Labute approximate surface area is 216 Å². The van der Waals surface area contributed by atoms with E-state index in [9.17, 15) is 31.4 Å². The number of alkyl halides is 6. The summed E-state index contributed by atoms with van der Waals surface area (Å²) in [7, 11) is 1.51. The maximum atomic E-state index is 13.2. The number of nitrogens with zero attached hydrogens (tertiary/aromatic N) is 3. The molecule has 1 aliphatic rings. The minimum Gasteiger partial charge on any atom is -0.496 e. The molecular weight excluding hydrogens is 512 g/mol. The quantitative estimate of drug-likeness (QED) is 0.409. The first kappa shape index (κ1) is 27.9. The third-order valence-corrected chi connectivity index (χ3v) is 6.76. The zero-order valence-electron chi connectivity index (χ0n) is 20.6. The molecule has 11 heteroatoms. The van der Waals surface area contributed by atoms with Crippen molar-refractivity contribution in [2.24, 2.45) is 0 Å². The van der Waals surface area contributed by atoms with Gasteiger partial charge in [0.15, 0.2) is 0 Å². The van der Waals surface area contributed by atoms with E-state index in [1.54, 1.807) is 24.5 Å². The molecular formula is C27H27F6N3O2. The first-order valence-electron chi connectivity index (χ1n) is 11.9. The fourth-order valence-electron chi connectivity index (χ4n) is 4.54. The highest BCUT2D eigenvalue weighted by Gasteiger charge is 2.71. The topological polar surface area (TPSA) is 48.8 Å². The Morgan fingerprint density at radius 1 is 0.763 bits per heavy atom. The molecule has 1 saturated heterocycles. The monoisotopic (exact) mass is 539 g/mol. The minimum atomic E-state index is -5.93. The van der Waals surface area contributed by atoms with E-state index in [-0.39, 0.29) is 0 Å². The third-order valence-electron chi connectivity index (χ3n) is 6.76. The summed E-state index contributed by atoms with van der Waals surface area (Å²) in [6.45, 7) is 5.01. The molecule has 0 bridgehead atoms. The fourth-order valence-corrected chi connectivity index (χ4v) is 4.54. The first-order chi connectivity index (χ1) is 17.9. The number of methoxy groups -OCH3 is 1. The lowest BCUT2D eigenvalue weighted by Gasteiger charge is -2.35. The van der Waals surface area contributed by atoms with E-state index in [4.69, 9.17) is 4.74 Å². The lowest BCUT2D eigenvalue weighted by molar-refractivity contribution is -0.376. The molecule has 2 aromatic carbocycles. The maximum Gasteiger partial charge on any atom is 0.430 e. The Bertz CT molecular complexity index is 1190. The van der Waals surface area contributed by atoms with Crippen molar-refractivity contribution in [1.29, 1.82) is 0 Å². The Morgan fingerprint density at radius 2 is 1.29 bits per heavy atom. The average Bonchev–Trinajstić information content (AvgIpc) is 2.89. The van der Waals surface area contributed by atoms with Gasteiger partial charge in [-0.2, -0.15) is 26.3 Å². The van der Waals surface area contributed by atoms with Crippen LogP contribution in [0.2, 0.25) is 0 Å². The molecule has 2 heterocycles. The van der Waals surface area contributed by atoms with Crippen LogP contribution in [0.25, 0.3) is 11.1 Å². The van der Waals surface area contributed by atoms with Crippen LogP contribution in [0.4, 0.5) is 26.3 Å². The molecule has 1 N–H and O–H groups in total. The van der Waals surface area contributed by atoms with E-state index in [2.05, 4.69) is 14.8 Å². The number of ether oxygens (including phenoxy) is 1. The molecule has 38 heavy (non-hydrogen) atoms. The number of halogens is 6. The largest absolute Gasteiger partial charge is 0.496 e. The molecule has 204 valence electrons. The summed E-state index contributed by atoms with van der Waals surface area (Å²) in [5.41, 5.74) is -3.19. The third kappa shape index (κ3) is 5.79. The zero-order valence-corrected chi connectivity index (χ0v) is 20.6. The average molecular weight is 540 g/mol. The van der Waals surface area contributed by atoms with Gasteiger partial charge in [-0.05, 0) is 34.9 Å². The van der Waals surface area contributed by atoms with Crippen LogP contribution in [0.5, 0.6) is 5.75 Å². The predicted octanol–water partition coefficient (Wildman–Crippen LogP) is 5.39. The highest BCUT2D eigenvalue weighted by atomic mass is 19.4. The molecule has 1 aromatic heterocycles. The number of benzene rings is 2. The SMILES string of the molecule is COc1cc(-c2ccc(C(O)(C(F)(F)F)C(F)(F)F)cc2)ccc1CN1CCN(Cc2ccncc2)CC1. The number of hydrogen-bond acceptors (Lipinski definition) is 5. The number of aromatic nitrogens is 1. The first-order valence-corrected chi connectivity index (χ1v) is 11.9. The van der Waals surface area contributed by atoms with Crippen LogP contribution < -0.4 is 4.74 Å². The smallest absolute Gasteiger partial charge is 0.430 e. The van der Waals surface area contributed by atoms with Crippen LogP contribution >= 0.6 is 0 Å². The zero-order chi connectivity index (χ0) is 27.6. The van der Waals surface area contributed by atoms with E-state index >= 15 is 0 Å². The Hall–Kier alpha value is -3.15. The summed E-state index contributed by atoms with van der Waals surface area (Å²) in [5, 5.41) is 9.60. The van der Waals surface area contributed by atoms with E-state index in [0.29, 0.717) is 35.6 Å². The van der Waals surface area contributed by atoms with Crippen molar-refractivity contribution in [1.82, 2.24) is 14.8 Å². The highest BCUT2D eigenvalue weighted by Crippen LogP contribution is 2.50. The van der Waals surface area contributed by atoms with E-state index in [1.807, 2.05) is 18.2 Å². The van der Waals surface area contributed by atoms with E-state index in [1.165, 1.54) is 12.7 Å². The Kier molecular flexibility index (Phi) is 8.01. The molecule has 5 nitrogen and oxygen atoms in total. The number of piperazine rings is 1. The molecule has 0 amide bonds. The molecule has 0 saturated carbocycles. The minimum absolute atomic E-state index is 0.384. The number of rotatable bonds is 7. The van der Waals surface area contributed by atoms with Gasteiger partial charge >= 0.3 is 12.4 Å². The van der Waals surface area contributed by atoms with Crippen LogP contribution in [0, 0.1) is 0 Å². The Balaban J connectivity index is 1.44. The molecule has 0 atom stereocenters. The van der Waals surface area contributed by atoms with E-state index < -0.39 is 23.5 Å². The van der Waals surface area contributed by atoms with Crippen LogP contribution in [0.3, 0.4) is 0 Å². The van der Waals surface area contributed by atoms with Crippen LogP contribution in [-0.2, 0) is 18.7 Å². The second kappa shape index (κ2) is 10.9. The Morgan fingerprint density at radius 3 is 1.82 bits per heavy atom. The van der Waals surface area contributed by atoms with E-state index in [0.717, 1.165) is 50.4 Å². The second-order valence-electron chi connectivity index (χ2n) is 9.22. The number of hydrogen-bond donors (Lipinski definition) is 1. The van der Waals surface area contributed by atoms with Crippen LogP contribution in [0.1, 0.15) is 16.7 Å². The van der Waals surface area contributed by atoms with Crippen molar-refractivity contribution < 1.29 is 36.2 Å². The highest BCUT2D eigenvalue weighted by molar-refractivity contribution is 5.66. The van der Waals surface area contributed by atoms with Crippen molar-refractivity contribution in [3.8, 4) is 16.9 Å². The van der Waals surface area contributed by atoms with Gasteiger partial charge in [0.1, 0.15) is 5.75 Å². The van der Waals surface area contributed by atoms with Gasteiger partial charge in [-0.3, -0.25) is 14.8 Å². The molecule has 4 rings (SSSR count). The summed E-state index contributed by atoms with van der Waals surface area (Å²) in [5.74, 6) is 0.563. The number of pyridine rings is 1. The maximum absolute atomic E-state index is 13.2. The molecule has 0 spiro atoms. The molecule has 1 aliphatic heterocycles. The summed E-state index contributed by atoms with van der Waals surface area (Å²) in [6.07, 6.45) is -8.30. The fraction of sp³-hybridized carbons (Fsp3) is 0.370. The van der Waals surface area contributed by atoms with Crippen molar-refractivity contribution in [2.75, 3.05) is 33.3 Å². The van der Waals surface area contributed by atoms with Gasteiger partial charge in [0, 0.05) is 62.8 Å². The second-order valence-corrected chi connectivity index (χ2v) is 9.22. The summed E-state index contributed by atoms with van der Waals surface area (Å²) in [6, 6.07) is 12.8. The number of aliphatic hydroxyl groups is 1. The van der Waals surface area contributed by atoms with Gasteiger partial charge in [0.25, 0.3) is 5.60 Å². The van der Waals surface area contributed by atoms with Crippen molar-refractivity contribution >= 4 is 0 Å². The lowest BCUT2D eigenvalue weighted by atomic mass is 9.90. The molecule has 1 fully saturated rings. The van der Waals surface area contributed by atoms with Crippen LogP contribution in [0.15, 0.2) is 67.0 Å². The van der Waals surface area contributed by atoms with Gasteiger partial charge in [0.2, 0.25) is 0 Å². The molecule has 3 aromatic rings. The molecule has 0 radical (unpaired) electrons. The normalized spacial score (nSPS) is 16.0. The lowest BCUT2D eigenvalue weighted by Crippen LogP contribution is -2.53. The standard InChI is InChI=1S/C27H27F6N3O2/c1-38-24-16-21(20-4-6-23(7-5-20)25(37,26(28,29)30)27(31,32)33)2-3-22(24)18-36-14-12-35(13-15-36)17-19-8-10-34-11-9-19/h2-11,16,37H,12-15,17-18H2,1H3. The van der Waals surface area contributed by atoms with Crippen molar-refractivity contribution in [2.45, 2.75) is 31.0 Å². The van der Waals surface area contributed by atoms with Gasteiger partial charge in [-0.1, -0.05) is 36.4 Å². The predicted molar refractivity (Wildman–Crippen MR) is 129 cm³/mol. The van der Waals surface area contributed by atoms with Gasteiger partial charge < -0.3 is 9.84 Å².